The highest BCUT2D eigenvalue weighted by molar-refractivity contribution is 5.83. The first-order chi connectivity index (χ1) is 9.61. The Morgan fingerprint density at radius 3 is 2.75 bits per heavy atom. The van der Waals surface area contributed by atoms with Gasteiger partial charge in [0.25, 0.3) is 0 Å². The van der Waals surface area contributed by atoms with Gasteiger partial charge in [-0.25, -0.2) is 9.37 Å². The van der Waals surface area contributed by atoms with Crippen LogP contribution in [0.3, 0.4) is 0 Å². The van der Waals surface area contributed by atoms with Crippen molar-refractivity contribution in [3.8, 4) is 11.4 Å². The molecule has 0 unspecified atom stereocenters. The van der Waals surface area contributed by atoms with Gasteiger partial charge in [0.05, 0.1) is 11.0 Å². The third kappa shape index (κ3) is 1.89. The second kappa shape index (κ2) is 4.72. The van der Waals surface area contributed by atoms with Crippen molar-refractivity contribution in [3.05, 3.63) is 53.3 Å². The average Bonchev–Trinajstić information content (AvgIpc) is 2.79. The lowest BCUT2D eigenvalue weighted by atomic mass is 10.1. The number of aryl methyl sites for hydroxylation is 2. The van der Waals surface area contributed by atoms with E-state index in [4.69, 9.17) is 5.73 Å². The summed E-state index contributed by atoms with van der Waals surface area (Å²) in [6.45, 7) is 2.19. The fourth-order valence-electron chi connectivity index (χ4n) is 2.43. The first-order valence-electron chi connectivity index (χ1n) is 6.52. The minimum absolute atomic E-state index is 0.214. The minimum atomic E-state index is -0.214. The van der Waals surface area contributed by atoms with Gasteiger partial charge in [-0.05, 0) is 30.2 Å². The van der Waals surface area contributed by atoms with Crippen LogP contribution in [0, 0.1) is 12.7 Å². The Kier molecular flexibility index (Phi) is 3.03. The monoisotopic (exact) mass is 269 g/mol. The molecule has 102 valence electrons. The van der Waals surface area contributed by atoms with Gasteiger partial charge in [0, 0.05) is 19.2 Å². The van der Waals surface area contributed by atoms with Gasteiger partial charge in [0.15, 0.2) is 0 Å². The lowest BCUT2D eigenvalue weighted by molar-refractivity contribution is 0.619. The van der Waals surface area contributed by atoms with Gasteiger partial charge < -0.3 is 10.3 Å². The minimum Gasteiger partial charge on any atom is -0.327 e. The number of rotatable bonds is 2. The number of hydrogen-bond donors (Lipinski definition) is 1. The van der Waals surface area contributed by atoms with Crippen LogP contribution in [-0.4, -0.2) is 9.55 Å². The molecule has 1 aromatic heterocycles. The Hall–Kier alpha value is -2.20. The SMILES string of the molecule is Cc1ccc(-c2nc3c(CN)cccc3n2C)cc1F. The van der Waals surface area contributed by atoms with Gasteiger partial charge in [-0.15, -0.1) is 0 Å². The standard InChI is InChI=1S/C16H16FN3/c1-10-6-7-11(8-13(10)17)16-19-15-12(9-18)4-3-5-14(15)20(16)2/h3-8H,9,18H2,1-2H3. The molecule has 0 aliphatic carbocycles. The molecule has 3 rings (SSSR count). The number of hydrogen-bond acceptors (Lipinski definition) is 2. The zero-order valence-electron chi connectivity index (χ0n) is 11.5. The number of nitrogens with zero attached hydrogens (tertiary/aromatic N) is 2. The van der Waals surface area contributed by atoms with Gasteiger partial charge in [0.1, 0.15) is 11.6 Å². The van der Waals surface area contributed by atoms with E-state index in [0.29, 0.717) is 12.1 Å². The van der Waals surface area contributed by atoms with E-state index in [2.05, 4.69) is 4.98 Å². The number of benzene rings is 2. The second-order valence-electron chi connectivity index (χ2n) is 4.95. The van der Waals surface area contributed by atoms with Gasteiger partial charge in [-0.2, -0.15) is 0 Å². The maximum absolute atomic E-state index is 13.7. The molecule has 3 aromatic rings. The molecule has 0 radical (unpaired) electrons. The topological polar surface area (TPSA) is 43.8 Å². The lowest BCUT2D eigenvalue weighted by Crippen LogP contribution is -1.97. The van der Waals surface area contributed by atoms with Crippen molar-refractivity contribution >= 4 is 11.0 Å². The van der Waals surface area contributed by atoms with Crippen molar-refractivity contribution in [1.29, 1.82) is 0 Å². The summed E-state index contributed by atoms with van der Waals surface area (Å²) in [7, 11) is 1.93. The van der Waals surface area contributed by atoms with Crippen LogP contribution in [0.15, 0.2) is 36.4 Å². The summed E-state index contributed by atoms with van der Waals surface area (Å²) in [4.78, 5) is 4.64. The summed E-state index contributed by atoms with van der Waals surface area (Å²) >= 11 is 0. The highest BCUT2D eigenvalue weighted by atomic mass is 19.1. The first kappa shape index (κ1) is 12.8. The Bertz CT molecular complexity index is 790. The summed E-state index contributed by atoms with van der Waals surface area (Å²) < 4.78 is 15.7. The number of imidazole rings is 1. The van der Waals surface area contributed by atoms with E-state index in [-0.39, 0.29) is 5.82 Å². The van der Waals surface area contributed by atoms with E-state index >= 15 is 0 Å². The number of aromatic nitrogens is 2. The molecule has 0 atom stereocenters. The molecule has 2 aromatic carbocycles. The molecule has 0 spiro atoms. The van der Waals surface area contributed by atoms with Gasteiger partial charge in [0.2, 0.25) is 0 Å². The second-order valence-corrected chi connectivity index (χ2v) is 4.95. The highest BCUT2D eigenvalue weighted by Gasteiger charge is 2.13. The van der Waals surface area contributed by atoms with Crippen LogP contribution in [0.25, 0.3) is 22.4 Å². The summed E-state index contributed by atoms with van der Waals surface area (Å²) in [6.07, 6.45) is 0. The van der Waals surface area contributed by atoms with Crippen LogP contribution in [0.2, 0.25) is 0 Å². The van der Waals surface area contributed by atoms with Gasteiger partial charge in [-0.3, -0.25) is 0 Å². The molecule has 4 heteroatoms. The molecule has 1 heterocycles. The highest BCUT2D eigenvalue weighted by Crippen LogP contribution is 2.26. The van der Waals surface area contributed by atoms with Crippen molar-refractivity contribution < 1.29 is 4.39 Å². The maximum atomic E-state index is 13.7. The molecule has 0 aliphatic rings. The molecular formula is C16H16FN3. The fourth-order valence-corrected chi connectivity index (χ4v) is 2.43. The van der Waals surface area contributed by atoms with E-state index in [1.807, 2.05) is 35.9 Å². The number of nitrogens with two attached hydrogens (primary N) is 1. The Balaban J connectivity index is 2.26. The molecule has 2 N–H and O–H groups in total. The summed E-state index contributed by atoms with van der Waals surface area (Å²) in [6, 6.07) is 11.1. The number of halogens is 1. The Morgan fingerprint density at radius 2 is 2.05 bits per heavy atom. The van der Waals surface area contributed by atoms with Crippen molar-refractivity contribution in [2.45, 2.75) is 13.5 Å². The average molecular weight is 269 g/mol. The smallest absolute Gasteiger partial charge is 0.140 e. The third-order valence-electron chi connectivity index (χ3n) is 3.64. The molecular weight excluding hydrogens is 253 g/mol. The van der Waals surface area contributed by atoms with Crippen molar-refractivity contribution in [1.82, 2.24) is 9.55 Å². The van der Waals surface area contributed by atoms with E-state index < -0.39 is 0 Å². The van der Waals surface area contributed by atoms with Gasteiger partial charge in [-0.1, -0.05) is 24.3 Å². The largest absolute Gasteiger partial charge is 0.327 e. The van der Waals surface area contributed by atoms with Crippen molar-refractivity contribution in [2.75, 3.05) is 0 Å². The fraction of sp³-hybridized carbons (Fsp3) is 0.188. The molecule has 3 nitrogen and oxygen atoms in total. The van der Waals surface area contributed by atoms with E-state index in [0.717, 1.165) is 28.0 Å². The zero-order chi connectivity index (χ0) is 14.3. The lowest BCUT2D eigenvalue weighted by Gasteiger charge is -2.04. The van der Waals surface area contributed by atoms with E-state index in [1.165, 1.54) is 6.07 Å². The van der Waals surface area contributed by atoms with Gasteiger partial charge >= 0.3 is 0 Å². The van der Waals surface area contributed by atoms with Crippen LogP contribution < -0.4 is 5.73 Å². The normalized spacial score (nSPS) is 11.2. The van der Waals surface area contributed by atoms with Crippen LogP contribution in [0.4, 0.5) is 4.39 Å². The quantitative estimate of drug-likeness (QED) is 0.776. The molecule has 0 bridgehead atoms. The van der Waals surface area contributed by atoms with Crippen LogP contribution in [-0.2, 0) is 13.6 Å². The predicted octanol–water partition coefficient (Wildman–Crippen LogP) is 3.15. The number of fused-ring (bicyclic) bond motifs is 1. The molecule has 0 saturated heterocycles. The van der Waals surface area contributed by atoms with E-state index in [9.17, 15) is 4.39 Å². The van der Waals surface area contributed by atoms with Crippen LogP contribution in [0.1, 0.15) is 11.1 Å². The first-order valence-corrected chi connectivity index (χ1v) is 6.52. The van der Waals surface area contributed by atoms with Crippen molar-refractivity contribution in [3.63, 3.8) is 0 Å². The zero-order valence-corrected chi connectivity index (χ0v) is 11.5. The maximum Gasteiger partial charge on any atom is 0.140 e. The van der Waals surface area contributed by atoms with Crippen molar-refractivity contribution in [2.24, 2.45) is 12.8 Å². The molecule has 0 saturated carbocycles. The molecule has 0 amide bonds. The van der Waals surface area contributed by atoms with E-state index in [1.54, 1.807) is 13.0 Å². The third-order valence-corrected chi connectivity index (χ3v) is 3.64. The Labute approximate surface area is 116 Å². The summed E-state index contributed by atoms with van der Waals surface area (Å²) in [5, 5.41) is 0. The molecule has 0 aliphatic heterocycles. The molecule has 20 heavy (non-hydrogen) atoms. The number of para-hydroxylation sites is 1. The molecule has 0 fully saturated rings. The summed E-state index contributed by atoms with van der Waals surface area (Å²) in [5.41, 5.74) is 10.0. The van der Waals surface area contributed by atoms with Crippen LogP contribution >= 0.6 is 0 Å². The van der Waals surface area contributed by atoms with Crippen LogP contribution in [0.5, 0.6) is 0 Å². The predicted molar refractivity (Wildman–Crippen MR) is 78.7 cm³/mol. The summed E-state index contributed by atoms with van der Waals surface area (Å²) in [5.74, 6) is 0.536. The Morgan fingerprint density at radius 1 is 1.25 bits per heavy atom.